The minimum Gasteiger partial charge on any atom is -0.480 e. The molecule has 1 aromatic carbocycles. The van der Waals surface area contributed by atoms with E-state index >= 15 is 0 Å². The first-order valence-electron chi connectivity index (χ1n) is 8.09. The van der Waals surface area contributed by atoms with Crippen LogP contribution in [0.15, 0.2) is 18.2 Å². The van der Waals surface area contributed by atoms with Gasteiger partial charge in [0.25, 0.3) is 0 Å². The van der Waals surface area contributed by atoms with Gasteiger partial charge in [0.1, 0.15) is 11.8 Å². The summed E-state index contributed by atoms with van der Waals surface area (Å²) < 4.78 is 5.04. The number of hydrogen-bond acceptors (Lipinski definition) is 4. The second-order valence-corrected chi connectivity index (χ2v) is 6.45. The molecule has 1 aromatic rings. The van der Waals surface area contributed by atoms with Gasteiger partial charge >= 0.3 is 5.97 Å². The molecule has 2 amide bonds. The Morgan fingerprint density at radius 3 is 2.56 bits per heavy atom. The van der Waals surface area contributed by atoms with Crippen molar-refractivity contribution in [1.29, 1.82) is 0 Å². The number of amides is 2. The SMILES string of the molecule is CC(=O)NC(C(=O)Nc1ccc(OCC(=O)O)c(Cl)c1)C1CCCC1. The second kappa shape index (κ2) is 8.71. The van der Waals surface area contributed by atoms with E-state index in [-0.39, 0.29) is 28.5 Å². The molecule has 1 fully saturated rings. The van der Waals surface area contributed by atoms with Gasteiger partial charge < -0.3 is 20.5 Å². The number of halogens is 1. The Kier molecular flexibility index (Phi) is 6.64. The number of carbonyl (C=O) groups is 3. The van der Waals surface area contributed by atoms with Crippen LogP contribution in [0, 0.1) is 5.92 Å². The van der Waals surface area contributed by atoms with E-state index in [0.29, 0.717) is 5.69 Å². The molecule has 3 N–H and O–H groups in total. The molecule has 136 valence electrons. The molecule has 8 heteroatoms. The Morgan fingerprint density at radius 2 is 2.00 bits per heavy atom. The molecule has 1 aliphatic rings. The van der Waals surface area contributed by atoms with Gasteiger partial charge in [0.2, 0.25) is 11.8 Å². The van der Waals surface area contributed by atoms with Crippen LogP contribution in [0.4, 0.5) is 5.69 Å². The number of hydrogen-bond donors (Lipinski definition) is 3. The highest BCUT2D eigenvalue weighted by Crippen LogP contribution is 2.30. The summed E-state index contributed by atoms with van der Waals surface area (Å²) in [6, 6.07) is 3.96. The van der Waals surface area contributed by atoms with E-state index in [0.717, 1.165) is 25.7 Å². The van der Waals surface area contributed by atoms with Crippen molar-refractivity contribution in [1.82, 2.24) is 5.32 Å². The number of ether oxygens (including phenoxy) is 1. The van der Waals surface area contributed by atoms with Gasteiger partial charge in [-0.3, -0.25) is 9.59 Å². The highest BCUT2D eigenvalue weighted by atomic mass is 35.5. The number of rotatable bonds is 7. The maximum atomic E-state index is 12.6. The van der Waals surface area contributed by atoms with Crippen LogP contribution in [0.1, 0.15) is 32.6 Å². The molecule has 25 heavy (non-hydrogen) atoms. The van der Waals surface area contributed by atoms with E-state index in [2.05, 4.69) is 10.6 Å². The second-order valence-electron chi connectivity index (χ2n) is 6.04. The van der Waals surface area contributed by atoms with Gasteiger partial charge in [-0.05, 0) is 37.0 Å². The van der Waals surface area contributed by atoms with Crippen LogP contribution >= 0.6 is 11.6 Å². The van der Waals surface area contributed by atoms with Gasteiger partial charge in [-0.1, -0.05) is 24.4 Å². The third kappa shape index (κ3) is 5.63. The van der Waals surface area contributed by atoms with Crippen LogP contribution < -0.4 is 15.4 Å². The standard InChI is InChI=1S/C17H21ClN2O5/c1-10(21)19-16(11-4-2-3-5-11)17(24)20-12-6-7-14(13(18)8-12)25-9-15(22)23/h6-8,11,16H,2-5,9H2,1H3,(H,19,21)(H,20,24)(H,22,23). The van der Waals surface area contributed by atoms with Crippen molar-refractivity contribution in [2.45, 2.75) is 38.6 Å². The van der Waals surface area contributed by atoms with E-state index < -0.39 is 18.6 Å². The molecule has 0 radical (unpaired) electrons. The summed E-state index contributed by atoms with van der Waals surface area (Å²) in [6.07, 6.45) is 3.91. The average molecular weight is 369 g/mol. The predicted octanol–water partition coefficient (Wildman–Crippen LogP) is 2.44. The molecule has 1 aliphatic carbocycles. The Bertz CT molecular complexity index is 658. The Hall–Kier alpha value is -2.28. The first-order chi connectivity index (χ1) is 11.9. The zero-order valence-electron chi connectivity index (χ0n) is 13.9. The number of benzene rings is 1. The number of nitrogens with one attached hydrogen (secondary N) is 2. The van der Waals surface area contributed by atoms with Crippen LogP contribution in [-0.4, -0.2) is 35.5 Å². The molecule has 1 atom stereocenters. The highest BCUT2D eigenvalue weighted by Gasteiger charge is 2.31. The van der Waals surface area contributed by atoms with Crippen molar-refractivity contribution in [3.63, 3.8) is 0 Å². The largest absolute Gasteiger partial charge is 0.480 e. The molecule has 1 saturated carbocycles. The number of carboxylic acids is 1. The Labute approximate surface area is 150 Å². The summed E-state index contributed by atoms with van der Waals surface area (Å²) in [5, 5.41) is 14.3. The molecular weight excluding hydrogens is 348 g/mol. The lowest BCUT2D eigenvalue weighted by molar-refractivity contribution is -0.139. The topological polar surface area (TPSA) is 105 Å². The van der Waals surface area contributed by atoms with Crippen LogP contribution in [0.3, 0.4) is 0 Å². The predicted molar refractivity (Wildman–Crippen MR) is 92.8 cm³/mol. The van der Waals surface area contributed by atoms with E-state index in [1.54, 1.807) is 6.07 Å². The van der Waals surface area contributed by atoms with Crippen LogP contribution in [0.2, 0.25) is 5.02 Å². The Balaban J connectivity index is 2.05. The third-order valence-electron chi connectivity index (χ3n) is 4.06. The molecule has 0 spiro atoms. The highest BCUT2D eigenvalue weighted by molar-refractivity contribution is 6.32. The van der Waals surface area contributed by atoms with Gasteiger partial charge in [0.05, 0.1) is 5.02 Å². The maximum absolute atomic E-state index is 12.6. The average Bonchev–Trinajstić information content (AvgIpc) is 3.05. The van der Waals surface area contributed by atoms with E-state index in [4.69, 9.17) is 21.4 Å². The normalized spacial score (nSPS) is 15.4. The van der Waals surface area contributed by atoms with E-state index in [9.17, 15) is 14.4 Å². The lowest BCUT2D eigenvalue weighted by Crippen LogP contribution is -2.47. The van der Waals surface area contributed by atoms with Gasteiger partial charge in [0.15, 0.2) is 6.61 Å². The summed E-state index contributed by atoms with van der Waals surface area (Å²) in [5.74, 6) is -1.31. The fourth-order valence-corrected chi connectivity index (χ4v) is 3.20. The smallest absolute Gasteiger partial charge is 0.341 e. The summed E-state index contributed by atoms with van der Waals surface area (Å²) in [6.45, 7) is 0.887. The van der Waals surface area contributed by atoms with Crippen molar-refractivity contribution < 1.29 is 24.2 Å². The van der Waals surface area contributed by atoms with Crippen LogP contribution in [0.25, 0.3) is 0 Å². The lowest BCUT2D eigenvalue weighted by Gasteiger charge is -2.23. The van der Waals surface area contributed by atoms with Crippen molar-refractivity contribution in [2.75, 3.05) is 11.9 Å². The lowest BCUT2D eigenvalue weighted by atomic mass is 9.97. The number of aliphatic carboxylic acids is 1. The number of carboxylic acid groups (broad SMARTS) is 1. The van der Waals surface area contributed by atoms with Crippen molar-refractivity contribution in [3.05, 3.63) is 23.2 Å². The molecular formula is C17H21ClN2O5. The zero-order valence-corrected chi connectivity index (χ0v) is 14.6. The van der Waals surface area contributed by atoms with Crippen molar-refractivity contribution in [2.24, 2.45) is 5.92 Å². The molecule has 0 heterocycles. The van der Waals surface area contributed by atoms with Crippen LogP contribution in [-0.2, 0) is 14.4 Å². The molecule has 2 rings (SSSR count). The van der Waals surface area contributed by atoms with E-state index in [1.807, 2.05) is 0 Å². The Morgan fingerprint density at radius 1 is 1.32 bits per heavy atom. The summed E-state index contributed by atoms with van der Waals surface area (Å²) >= 11 is 6.05. The van der Waals surface area contributed by atoms with Crippen molar-refractivity contribution >= 4 is 35.1 Å². The molecule has 7 nitrogen and oxygen atoms in total. The first kappa shape index (κ1) is 19.1. The van der Waals surface area contributed by atoms with Crippen molar-refractivity contribution in [3.8, 4) is 5.75 Å². The molecule has 0 bridgehead atoms. The minimum absolute atomic E-state index is 0.123. The molecule has 0 aliphatic heterocycles. The van der Waals surface area contributed by atoms with Crippen LogP contribution in [0.5, 0.6) is 5.75 Å². The fraction of sp³-hybridized carbons (Fsp3) is 0.471. The molecule has 0 aromatic heterocycles. The maximum Gasteiger partial charge on any atom is 0.341 e. The quantitative estimate of drug-likeness (QED) is 0.685. The number of anilines is 1. The van der Waals surface area contributed by atoms with E-state index in [1.165, 1.54) is 19.1 Å². The van der Waals surface area contributed by atoms with Gasteiger partial charge in [0, 0.05) is 12.6 Å². The third-order valence-corrected chi connectivity index (χ3v) is 4.36. The number of carbonyl (C=O) groups excluding carboxylic acids is 2. The zero-order chi connectivity index (χ0) is 18.4. The first-order valence-corrected chi connectivity index (χ1v) is 8.46. The van der Waals surface area contributed by atoms with Gasteiger partial charge in [-0.15, -0.1) is 0 Å². The monoisotopic (exact) mass is 368 g/mol. The molecule has 1 unspecified atom stereocenters. The van der Waals surface area contributed by atoms with Gasteiger partial charge in [-0.2, -0.15) is 0 Å². The van der Waals surface area contributed by atoms with Gasteiger partial charge in [-0.25, -0.2) is 4.79 Å². The fourth-order valence-electron chi connectivity index (χ4n) is 2.96. The summed E-state index contributed by atoms with van der Waals surface area (Å²) in [4.78, 5) is 34.5. The molecule has 0 saturated heterocycles. The minimum atomic E-state index is -1.11. The summed E-state index contributed by atoms with van der Waals surface area (Å²) in [5.41, 5.74) is 0.450. The summed E-state index contributed by atoms with van der Waals surface area (Å²) in [7, 11) is 0.